The molecule has 0 saturated heterocycles. The molecule has 3 aromatic carbocycles. The lowest BCUT2D eigenvalue weighted by Gasteiger charge is -2.33. The zero-order chi connectivity index (χ0) is 53.2. The molecule has 2 aromatic heterocycles. The van der Waals surface area contributed by atoms with E-state index in [0.29, 0.717) is 33.0 Å². The molecule has 398 valence electrons. The van der Waals surface area contributed by atoms with Crippen LogP contribution >= 0.6 is 22.9 Å². The van der Waals surface area contributed by atoms with Crippen LogP contribution in [0.1, 0.15) is 90.9 Å². The smallest absolute Gasteiger partial charge is 0.246 e. The van der Waals surface area contributed by atoms with Crippen molar-refractivity contribution in [2.45, 2.75) is 98.4 Å². The molecule has 0 radical (unpaired) electrons. The van der Waals surface area contributed by atoms with Gasteiger partial charge < -0.3 is 45.3 Å². The summed E-state index contributed by atoms with van der Waals surface area (Å²) in [6.45, 7) is 14.5. The molecule has 3 aliphatic rings. The number of nitrogens with two attached hydrogens (primary N) is 1. The topological polar surface area (TPSA) is 205 Å². The molecule has 3 unspecified atom stereocenters. The molecule has 3 heterocycles. The Morgan fingerprint density at radius 1 is 0.853 bits per heavy atom. The molecular formula is C58H70N6O9S2. The summed E-state index contributed by atoms with van der Waals surface area (Å²) < 4.78 is 27.9. The van der Waals surface area contributed by atoms with Gasteiger partial charge >= 0.3 is 0 Å². The van der Waals surface area contributed by atoms with Crippen LogP contribution in [0.2, 0.25) is 0 Å². The number of anilines is 1. The van der Waals surface area contributed by atoms with Crippen molar-refractivity contribution >= 4 is 57.6 Å². The number of aromatic nitrogens is 2. The minimum Gasteiger partial charge on any atom is -0.494 e. The Morgan fingerprint density at radius 2 is 1.56 bits per heavy atom. The molecule has 1 fully saturated rings. The first kappa shape index (κ1) is 55.2. The van der Waals surface area contributed by atoms with Crippen LogP contribution in [0.25, 0.3) is 16.0 Å². The number of amides is 3. The van der Waals surface area contributed by atoms with Crippen LogP contribution in [0.15, 0.2) is 96.2 Å². The number of fused-ring (bicyclic) bond motifs is 3. The zero-order valence-electron chi connectivity index (χ0n) is 43.8. The van der Waals surface area contributed by atoms with Gasteiger partial charge in [-0.15, -0.1) is 11.3 Å². The minimum absolute atomic E-state index is 0.148. The molecule has 5 aromatic rings. The van der Waals surface area contributed by atoms with Crippen molar-refractivity contribution in [2.24, 2.45) is 28.9 Å². The van der Waals surface area contributed by atoms with Gasteiger partial charge in [-0.3, -0.25) is 19.2 Å². The Morgan fingerprint density at radius 3 is 2.24 bits per heavy atom. The Labute approximate surface area is 448 Å². The fourth-order valence-electron chi connectivity index (χ4n) is 10.4. The van der Waals surface area contributed by atoms with Crippen molar-refractivity contribution in [1.82, 2.24) is 20.0 Å². The summed E-state index contributed by atoms with van der Waals surface area (Å²) in [4.78, 5) is 62.6. The fourth-order valence-corrected chi connectivity index (χ4v) is 11.9. The summed E-state index contributed by atoms with van der Waals surface area (Å²) in [5, 5.41) is 16.5. The van der Waals surface area contributed by atoms with E-state index in [9.17, 15) is 24.3 Å². The summed E-state index contributed by atoms with van der Waals surface area (Å²) in [6.07, 6.45) is 5.29. The first-order valence-electron chi connectivity index (χ1n) is 25.8. The van der Waals surface area contributed by atoms with Gasteiger partial charge in [0.2, 0.25) is 17.7 Å². The number of ether oxygens (including phenoxy) is 4. The van der Waals surface area contributed by atoms with Gasteiger partial charge in [-0.2, -0.15) is 4.37 Å². The number of nitrogens with zero attached hydrogens (tertiary/aromatic N) is 3. The summed E-state index contributed by atoms with van der Waals surface area (Å²) in [6, 6.07) is 23.5. The number of Topliss-reactive ketones (excluding diaryl/α,β-unsaturated/α-hetero) is 1. The van der Waals surface area contributed by atoms with Crippen molar-refractivity contribution < 1.29 is 43.2 Å². The third kappa shape index (κ3) is 13.7. The quantitative estimate of drug-likeness (QED) is 0.0407. The van der Waals surface area contributed by atoms with Crippen LogP contribution in [-0.4, -0.2) is 96.4 Å². The molecule has 1 aliphatic heterocycles. The van der Waals surface area contributed by atoms with E-state index in [1.54, 1.807) is 11.3 Å². The van der Waals surface area contributed by atoms with E-state index >= 15 is 0 Å². The number of carbonyl (C=O) groups is 4. The average molecular weight is 1060 g/mol. The number of hydrogen-bond donors (Lipinski definition) is 4. The highest BCUT2D eigenvalue weighted by atomic mass is 32.1. The van der Waals surface area contributed by atoms with Crippen LogP contribution in [-0.2, 0) is 46.5 Å². The second-order valence-corrected chi connectivity index (χ2v) is 22.5. The first-order chi connectivity index (χ1) is 36.1. The maximum Gasteiger partial charge on any atom is 0.246 e. The summed E-state index contributed by atoms with van der Waals surface area (Å²) in [5.41, 5.74) is 17.4. The van der Waals surface area contributed by atoms with Gasteiger partial charge in [0, 0.05) is 53.4 Å². The Bertz CT molecular complexity index is 2840. The predicted octanol–water partition coefficient (Wildman–Crippen LogP) is 8.39. The minimum atomic E-state index is -0.894. The number of aliphatic hydroxyl groups excluding tert-OH is 1. The number of nitrogens with one attached hydrogen (secondary N) is 2. The van der Waals surface area contributed by atoms with E-state index in [1.807, 2.05) is 94.7 Å². The lowest BCUT2D eigenvalue weighted by atomic mass is 9.77. The van der Waals surface area contributed by atoms with E-state index in [-0.39, 0.29) is 62.7 Å². The molecule has 3 amide bonds. The van der Waals surface area contributed by atoms with Crippen molar-refractivity contribution in [3.05, 3.63) is 135 Å². The lowest BCUT2D eigenvalue weighted by Crippen LogP contribution is -2.53. The summed E-state index contributed by atoms with van der Waals surface area (Å²) >= 11 is 3.04. The van der Waals surface area contributed by atoms with Crippen LogP contribution in [0.5, 0.6) is 5.75 Å². The van der Waals surface area contributed by atoms with Gasteiger partial charge in [0.1, 0.15) is 12.4 Å². The molecule has 17 heteroatoms. The third-order valence-corrected chi connectivity index (χ3v) is 16.0. The molecule has 8 rings (SSSR count). The highest BCUT2D eigenvalue weighted by molar-refractivity contribution is 7.13. The lowest BCUT2D eigenvalue weighted by molar-refractivity contribution is -0.138. The first-order valence-corrected chi connectivity index (χ1v) is 27.5. The number of rotatable bonds is 25. The summed E-state index contributed by atoms with van der Waals surface area (Å²) in [7, 11) is 0. The molecule has 1 saturated carbocycles. The van der Waals surface area contributed by atoms with E-state index in [4.69, 9.17) is 24.7 Å². The average Bonchev–Trinajstić information content (AvgIpc) is 4.19. The van der Waals surface area contributed by atoms with Gasteiger partial charge in [0.15, 0.2) is 5.78 Å². The highest BCUT2D eigenvalue weighted by Crippen LogP contribution is 2.53. The number of ketones is 1. The molecule has 2 aliphatic carbocycles. The molecule has 15 nitrogen and oxygen atoms in total. The van der Waals surface area contributed by atoms with Gasteiger partial charge in [0.05, 0.1) is 78.8 Å². The highest BCUT2D eigenvalue weighted by Gasteiger charge is 2.47. The van der Waals surface area contributed by atoms with Crippen molar-refractivity contribution in [3.63, 3.8) is 0 Å². The monoisotopic (exact) mass is 1060 g/mol. The molecule has 0 spiro atoms. The molecule has 75 heavy (non-hydrogen) atoms. The molecule has 6 atom stereocenters. The van der Waals surface area contributed by atoms with Crippen LogP contribution < -0.4 is 26.0 Å². The number of hydrogen-bond acceptors (Lipinski definition) is 14. The number of benzene rings is 3. The van der Waals surface area contributed by atoms with Crippen LogP contribution in [0.4, 0.5) is 5.69 Å². The second kappa shape index (κ2) is 25.2. The van der Waals surface area contributed by atoms with E-state index in [1.165, 1.54) is 11.5 Å². The van der Waals surface area contributed by atoms with Crippen molar-refractivity contribution in [2.75, 3.05) is 51.1 Å². The predicted molar refractivity (Wildman–Crippen MR) is 292 cm³/mol. The third-order valence-electron chi connectivity index (χ3n) is 14.2. The zero-order valence-corrected chi connectivity index (χ0v) is 45.4. The molecule has 5 N–H and O–H groups in total. The second-order valence-electron chi connectivity index (χ2n) is 20.7. The maximum absolute atomic E-state index is 14.1. The van der Waals surface area contributed by atoms with Crippen LogP contribution in [0, 0.1) is 43.9 Å². The number of thiazole rings is 1. The Hall–Kier alpha value is -6.08. The number of carbonyl (C=O) groups excluding carboxylic acids is 4. The maximum atomic E-state index is 14.1. The number of primary amides is 1. The van der Waals surface area contributed by atoms with Gasteiger partial charge in [-0.1, -0.05) is 81.4 Å². The number of aryl methyl sites for hydroxylation is 3. The normalized spacial score (nSPS) is 19.5. The number of unbranched alkanes of at least 4 members (excludes halogenated alkanes) is 1. The molecule has 0 bridgehead atoms. The van der Waals surface area contributed by atoms with Gasteiger partial charge in [0.25, 0.3) is 0 Å². The Kier molecular flexibility index (Phi) is 18.5. The summed E-state index contributed by atoms with van der Waals surface area (Å²) in [5.74, 6) is -2.94. The van der Waals surface area contributed by atoms with E-state index in [2.05, 4.69) is 62.2 Å². The SMILES string of the molecule is Cc1ncsc1-c1ccc(CNC(=O)[C@@H]2C[C@@H](O)CC2C(=O)[C@@H](NC(=O)COCCOCCOCCCCOc2ccc3c(c2)C2C(=CC(c4c(C)nsc4C)=CC2C(N)=O)N3Cc2ccccc2)C(C)(C)C)cc1. The molecular weight excluding hydrogens is 989 g/mol. The standard InChI is InChI=1S/C58H70N6O9S2/c1-35-51(37(3)75-63-35)41-26-47(56(59)68)52-46-30-43(18-19-48(46)64(49(52)27-41)32-39-12-8-7-9-13-39)73-21-11-10-20-70-22-23-71-24-25-72-33-50(66)62-55(58(4,5)6)53(67)44-28-42(65)29-45(44)57(69)60-31-38-14-16-40(17-15-38)54-36(2)61-34-74-54/h7-9,12-19,26-27,30,34,42,44-45,47,52,55,65H,10-11,20-25,28-29,31-33H2,1-6H3,(H2,59,68)(H,60,69)(H,62,66)/t42-,44?,45+,47?,52?,55+/m0/s1. The Balaban J connectivity index is 0.723. The van der Waals surface area contributed by atoms with E-state index in [0.717, 1.165) is 84.5 Å². The number of allylic oxidation sites excluding steroid dienone is 3. The largest absolute Gasteiger partial charge is 0.494 e. The number of aliphatic hydroxyl groups is 1. The van der Waals surface area contributed by atoms with Gasteiger partial charge in [-0.05, 0) is 116 Å². The van der Waals surface area contributed by atoms with Gasteiger partial charge in [-0.25, -0.2) is 4.98 Å². The fraction of sp³-hybridized carbons (Fsp3) is 0.448. The van der Waals surface area contributed by atoms with Crippen molar-refractivity contribution in [3.8, 4) is 16.2 Å². The van der Waals surface area contributed by atoms with E-state index < -0.39 is 41.2 Å². The van der Waals surface area contributed by atoms with Crippen LogP contribution in [0.3, 0.4) is 0 Å². The van der Waals surface area contributed by atoms with Crippen molar-refractivity contribution in [1.29, 1.82) is 0 Å².